The second-order valence-corrected chi connectivity index (χ2v) is 16.1. The van der Waals surface area contributed by atoms with Gasteiger partial charge in [-0.25, -0.2) is 17.8 Å². The van der Waals surface area contributed by atoms with Gasteiger partial charge in [-0.3, -0.25) is 39.0 Å². The van der Waals surface area contributed by atoms with Crippen LogP contribution >= 0.6 is 15.9 Å². The molecule has 1 unspecified atom stereocenters. The summed E-state index contributed by atoms with van der Waals surface area (Å²) in [6.45, 7) is 0.182. The standard InChI is InChI=1S/C38H36BrFN8O9S/c39-25-20-43-38(47-34(25)45-27-8-2-7-26(40)32(27)33(41)51)44-22-9-11-23(12-10-22)58(55,56)19-16-42-29(49)15-18-57-17-3-5-21-4-1-6-24-31(21)37(54)48(36(24)53)28-13-14-30(50)46-35(28)52/h1-2,4,6-12,20,28H,3,5,13-19H2,(H2,41,51)(H,42,49)(H,46,50,52)(H2,43,44,45,47). The number of halogens is 2. The zero-order valence-corrected chi connectivity index (χ0v) is 33.0. The first kappa shape index (κ1) is 41.5. The van der Waals surface area contributed by atoms with Gasteiger partial charge in [0.1, 0.15) is 17.7 Å². The van der Waals surface area contributed by atoms with Crippen molar-refractivity contribution in [2.24, 2.45) is 5.73 Å². The number of rotatable bonds is 17. The molecule has 4 aromatic rings. The van der Waals surface area contributed by atoms with Gasteiger partial charge in [-0.1, -0.05) is 18.2 Å². The van der Waals surface area contributed by atoms with Crippen LogP contribution in [0, 0.1) is 5.82 Å². The smallest absolute Gasteiger partial charge is 0.262 e. The van der Waals surface area contributed by atoms with Gasteiger partial charge in [-0.2, -0.15) is 4.98 Å². The molecule has 17 nitrogen and oxygen atoms in total. The van der Waals surface area contributed by atoms with Gasteiger partial charge in [-0.05, 0) is 83.2 Å². The number of piperidine rings is 1. The first-order chi connectivity index (χ1) is 27.7. The first-order valence-corrected chi connectivity index (χ1v) is 20.3. The monoisotopic (exact) mass is 878 g/mol. The number of nitrogens with zero attached hydrogens (tertiary/aromatic N) is 3. The number of carbonyl (C=O) groups is 6. The van der Waals surface area contributed by atoms with Gasteiger partial charge < -0.3 is 26.4 Å². The number of primary amides is 1. The van der Waals surface area contributed by atoms with E-state index in [-0.39, 0.29) is 83.8 Å². The molecule has 0 radical (unpaired) electrons. The number of anilines is 4. The van der Waals surface area contributed by atoms with Gasteiger partial charge in [-0.15, -0.1) is 0 Å². The Morgan fingerprint density at radius 3 is 2.50 bits per heavy atom. The van der Waals surface area contributed by atoms with Crippen LogP contribution in [0.4, 0.5) is 27.5 Å². The fraction of sp³-hybridized carbons (Fsp3) is 0.263. The molecule has 302 valence electrons. The molecule has 1 fully saturated rings. The van der Waals surface area contributed by atoms with Crippen molar-refractivity contribution in [3.63, 3.8) is 0 Å². The van der Waals surface area contributed by atoms with Gasteiger partial charge in [0.05, 0.1) is 44.1 Å². The molecule has 0 aliphatic carbocycles. The lowest BCUT2D eigenvalue weighted by molar-refractivity contribution is -0.136. The van der Waals surface area contributed by atoms with Gasteiger partial charge in [0.2, 0.25) is 23.7 Å². The number of fused-ring (bicyclic) bond motifs is 1. The lowest BCUT2D eigenvalue weighted by Crippen LogP contribution is -2.54. The van der Waals surface area contributed by atoms with Crippen molar-refractivity contribution >= 4 is 84.4 Å². The molecule has 3 aromatic carbocycles. The lowest BCUT2D eigenvalue weighted by Gasteiger charge is -2.27. The van der Waals surface area contributed by atoms with Gasteiger partial charge in [0.25, 0.3) is 17.7 Å². The second-order valence-electron chi connectivity index (χ2n) is 13.1. The number of aromatic nitrogens is 2. The summed E-state index contributed by atoms with van der Waals surface area (Å²) < 4.78 is 46.1. The summed E-state index contributed by atoms with van der Waals surface area (Å²) in [4.78, 5) is 83.8. The Labute approximate surface area is 339 Å². The van der Waals surface area contributed by atoms with Crippen molar-refractivity contribution in [3.8, 4) is 0 Å². The average molecular weight is 880 g/mol. The van der Waals surface area contributed by atoms with Crippen molar-refractivity contribution < 1.29 is 46.3 Å². The van der Waals surface area contributed by atoms with Crippen LogP contribution in [-0.4, -0.2) is 90.3 Å². The highest BCUT2D eigenvalue weighted by atomic mass is 79.9. The van der Waals surface area contributed by atoms with Crippen LogP contribution < -0.4 is 27.0 Å². The van der Waals surface area contributed by atoms with E-state index >= 15 is 0 Å². The molecule has 2 aliphatic heterocycles. The van der Waals surface area contributed by atoms with E-state index < -0.39 is 57.1 Å². The van der Waals surface area contributed by atoms with Crippen LogP contribution in [0.1, 0.15) is 62.3 Å². The molecule has 1 atom stereocenters. The number of imide groups is 2. The molecule has 6 rings (SSSR count). The average Bonchev–Trinajstić information content (AvgIpc) is 3.43. The number of hydrogen-bond acceptors (Lipinski definition) is 13. The van der Waals surface area contributed by atoms with Crippen LogP contribution in [0.3, 0.4) is 0 Å². The summed E-state index contributed by atoms with van der Waals surface area (Å²) in [6.07, 6.45) is 2.36. The molecule has 0 spiro atoms. The Kier molecular flexibility index (Phi) is 12.9. The summed E-state index contributed by atoms with van der Waals surface area (Å²) in [5.74, 6) is -4.50. The van der Waals surface area contributed by atoms with E-state index in [4.69, 9.17) is 10.5 Å². The number of aryl methyl sites for hydroxylation is 1. The van der Waals surface area contributed by atoms with Crippen LogP contribution in [0.15, 0.2) is 76.2 Å². The van der Waals surface area contributed by atoms with Gasteiger partial charge in [0.15, 0.2) is 9.84 Å². The fourth-order valence-electron chi connectivity index (χ4n) is 6.35. The summed E-state index contributed by atoms with van der Waals surface area (Å²) in [6, 6.07) is 13.6. The van der Waals surface area contributed by atoms with E-state index in [1.54, 1.807) is 12.1 Å². The highest BCUT2D eigenvalue weighted by molar-refractivity contribution is 9.10. The van der Waals surface area contributed by atoms with E-state index in [0.717, 1.165) is 11.0 Å². The molecule has 6 N–H and O–H groups in total. The molecular weight excluding hydrogens is 843 g/mol. The summed E-state index contributed by atoms with van der Waals surface area (Å²) >= 11 is 3.31. The second kappa shape index (κ2) is 18.0. The van der Waals surface area contributed by atoms with Crippen molar-refractivity contribution in [2.75, 3.05) is 36.1 Å². The van der Waals surface area contributed by atoms with Gasteiger partial charge >= 0.3 is 0 Å². The minimum Gasteiger partial charge on any atom is -0.381 e. The molecule has 0 bridgehead atoms. The topological polar surface area (TPSA) is 249 Å². The SMILES string of the molecule is NC(=O)c1c(F)cccc1Nc1nc(Nc2ccc(S(=O)(=O)CCNC(=O)CCOCCCc3cccc4c3C(=O)N(C3CCC(=O)NC3=O)C4=O)cc2)ncc1Br. The zero-order chi connectivity index (χ0) is 41.6. The molecule has 58 heavy (non-hydrogen) atoms. The third kappa shape index (κ3) is 9.52. The Balaban J connectivity index is 0.916. The molecule has 20 heteroatoms. The molecule has 1 saturated heterocycles. The number of carbonyl (C=O) groups excluding carboxylic acids is 6. The number of amides is 6. The number of hydrogen-bond donors (Lipinski definition) is 5. The highest BCUT2D eigenvalue weighted by Gasteiger charge is 2.45. The predicted octanol–water partition coefficient (Wildman–Crippen LogP) is 3.29. The van der Waals surface area contributed by atoms with Crippen LogP contribution in [-0.2, 0) is 35.4 Å². The Hall–Kier alpha value is -6.12. The number of sulfone groups is 1. The zero-order valence-electron chi connectivity index (χ0n) is 30.5. The summed E-state index contributed by atoms with van der Waals surface area (Å²) in [7, 11) is -3.76. The maximum atomic E-state index is 14.2. The molecule has 6 amide bonds. The highest BCUT2D eigenvalue weighted by Crippen LogP contribution is 2.31. The van der Waals surface area contributed by atoms with E-state index in [9.17, 15) is 41.6 Å². The number of ether oxygens (including phenoxy) is 1. The normalized spacial score (nSPS) is 15.2. The third-order valence-electron chi connectivity index (χ3n) is 9.18. The van der Waals surface area contributed by atoms with E-state index in [1.807, 2.05) is 0 Å². The Morgan fingerprint density at radius 2 is 1.76 bits per heavy atom. The van der Waals surface area contributed by atoms with Gasteiger partial charge in [0, 0.05) is 37.9 Å². The van der Waals surface area contributed by atoms with Crippen molar-refractivity contribution in [3.05, 3.63) is 99.4 Å². The Morgan fingerprint density at radius 1 is 1.00 bits per heavy atom. The maximum absolute atomic E-state index is 14.2. The van der Waals surface area contributed by atoms with Crippen molar-refractivity contribution in [1.29, 1.82) is 0 Å². The van der Waals surface area contributed by atoms with Crippen LogP contribution in [0.25, 0.3) is 0 Å². The van der Waals surface area contributed by atoms with Crippen molar-refractivity contribution in [2.45, 2.75) is 43.0 Å². The van der Waals surface area contributed by atoms with E-state index in [2.05, 4.69) is 47.2 Å². The third-order valence-corrected chi connectivity index (χ3v) is 11.5. The Bertz CT molecular complexity index is 2420. The molecule has 3 heterocycles. The fourth-order valence-corrected chi connectivity index (χ4v) is 7.80. The number of nitrogens with two attached hydrogens (primary N) is 1. The minimum atomic E-state index is -3.76. The quantitative estimate of drug-likeness (QED) is 0.0756. The molecule has 0 saturated carbocycles. The minimum absolute atomic E-state index is 0.0149. The summed E-state index contributed by atoms with van der Waals surface area (Å²) in [5, 5.41) is 10.6. The largest absolute Gasteiger partial charge is 0.381 e. The van der Waals surface area contributed by atoms with Crippen molar-refractivity contribution in [1.82, 2.24) is 25.5 Å². The molecule has 2 aliphatic rings. The first-order valence-electron chi connectivity index (χ1n) is 17.9. The lowest BCUT2D eigenvalue weighted by atomic mass is 9.99. The van der Waals surface area contributed by atoms with E-state index in [1.165, 1.54) is 48.7 Å². The van der Waals surface area contributed by atoms with Crippen LogP contribution in [0.5, 0.6) is 0 Å². The molecular formula is C38H36BrFN8O9S. The van der Waals surface area contributed by atoms with Crippen LogP contribution in [0.2, 0.25) is 0 Å². The van der Waals surface area contributed by atoms with E-state index in [0.29, 0.717) is 28.6 Å². The summed E-state index contributed by atoms with van der Waals surface area (Å²) in [5.41, 5.74) is 6.59. The predicted molar refractivity (Wildman–Crippen MR) is 210 cm³/mol. The number of benzene rings is 3. The maximum Gasteiger partial charge on any atom is 0.262 e. The molecule has 1 aromatic heterocycles. The number of nitrogens with one attached hydrogen (secondary N) is 4.